The van der Waals surface area contributed by atoms with Crippen molar-refractivity contribution >= 4 is 6.09 Å². The summed E-state index contributed by atoms with van der Waals surface area (Å²) in [5, 5.41) is 2.39. The zero-order valence-electron chi connectivity index (χ0n) is 8.19. The van der Waals surface area contributed by atoms with E-state index in [4.69, 9.17) is 15.2 Å². The first kappa shape index (κ1) is 12.6. The van der Waals surface area contributed by atoms with Crippen molar-refractivity contribution in [3.05, 3.63) is 12.5 Å². The van der Waals surface area contributed by atoms with Gasteiger partial charge in [0.15, 0.2) is 0 Å². The Balaban J connectivity index is 3.09. The molecule has 0 aromatic carbocycles. The first-order valence-electron chi connectivity index (χ1n) is 4.28. The first-order chi connectivity index (χ1) is 6.81. The maximum Gasteiger partial charge on any atom is 0.408 e. The molecule has 0 heterocycles. The molecule has 0 unspecified atom stereocenters. The maximum atomic E-state index is 10.7. The van der Waals surface area contributed by atoms with E-state index < -0.39 is 6.09 Å². The van der Waals surface area contributed by atoms with Gasteiger partial charge < -0.3 is 19.9 Å². The van der Waals surface area contributed by atoms with Crippen molar-refractivity contribution < 1.29 is 19.0 Å². The number of ether oxygens (including phenoxy) is 3. The van der Waals surface area contributed by atoms with Crippen LogP contribution in [0.15, 0.2) is 12.5 Å². The Morgan fingerprint density at radius 1 is 1.50 bits per heavy atom. The lowest BCUT2D eigenvalue weighted by molar-refractivity contribution is 0.0673. The zero-order chi connectivity index (χ0) is 10.6. The minimum absolute atomic E-state index is 0.106. The summed E-state index contributed by atoms with van der Waals surface area (Å²) in [6.45, 7) is 2.94. The molecule has 0 spiro atoms. The molecule has 0 saturated carbocycles. The highest BCUT2D eigenvalue weighted by Gasteiger charge is 1.97. The predicted octanol–water partition coefficient (Wildman–Crippen LogP) is 0.153. The summed E-state index contributed by atoms with van der Waals surface area (Å²) >= 11 is 0. The van der Waals surface area contributed by atoms with E-state index in [2.05, 4.69) is 10.1 Å². The Labute approximate surface area is 83.0 Å². The Bertz CT molecular complexity index is 173. The quantitative estimate of drug-likeness (QED) is 0.350. The third-order valence-electron chi connectivity index (χ3n) is 1.11. The highest BCUT2D eigenvalue weighted by atomic mass is 16.6. The number of carbonyl (C=O) groups is 1. The van der Waals surface area contributed by atoms with E-state index in [0.29, 0.717) is 19.8 Å². The van der Waals surface area contributed by atoms with Crippen LogP contribution in [0.3, 0.4) is 0 Å². The number of carbonyl (C=O) groups excluding carboxylic acids is 1. The zero-order valence-corrected chi connectivity index (χ0v) is 8.19. The number of rotatable bonds is 7. The summed E-state index contributed by atoms with van der Waals surface area (Å²) in [6.07, 6.45) is 2.16. The number of hydrogen-bond acceptors (Lipinski definition) is 5. The van der Waals surface area contributed by atoms with Crippen LogP contribution in [0.2, 0.25) is 0 Å². The summed E-state index contributed by atoms with van der Waals surface area (Å²) < 4.78 is 14.4. The second-order valence-corrected chi connectivity index (χ2v) is 2.15. The molecule has 0 aromatic heterocycles. The molecular weight excluding hydrogens is 188 g/mol. The second-order valence-electron chi connectivity index (χ2n) is 2.15. The number of nitrogens with two attached hydrogens (primary N) is 1. The molecule has 1 amide bonds. The third kappa shape index (κ3) is 8.66. The minimum Gasteiger partial charge on any atom is -0.497 e. The molecule has 0 saturated heterocycles. The molecule has 0 aromatic rings. The van der Waals surface area contributed by atoms with Crippen LogP contribution in [0.5, 0.6) is 0 Å². The summed E-state index contributed by atoms with van der Waals surface area (Å²) in [5.74, 6) is 0. The second kappa shape index (κ2) is 9.66. The van der Waals surface area contributed by atoms with E-state index in [1.54, 1.807) is 6.92 Å². The van der Waals surface area contributed by atoms with Crippen LogP contribution in [-0.2, 0) is 14.2 Å². The SMILES string of the molecule is CCOC(=O)NCOCCO/C=C/N. The summed E-state index contributed by atoms with van der Waals surface area (Å²) in [5.41, 5.74) is 5.02. The highest BCUT2D eigenvalue weighted by Crippen LogP contribution is 1.79. The third-order valence-corrected chi connectivity index (χ3v) is 1.11. The number of hydrogen-bond donors (Lipinski definition) is 2. The van der Waals surface area contributed by atoms with Gasteiger partial charge in [-0.2, -0.15) is 0 Å². The first-order valence-corrected chi connectivity index (χ1v) is 4.28. The molecule has 0 aliphatic carbocycles. The fourth-order valence-corrected chi connectivity index (χ4v) is 0.595. The van der Waals surface area contributed by atoms with Gasteiger partial charge in [0, 0.05) is 6.20 Å². The smallest absolute Gasteiger partial charge is 0.408 e. The highest BCUT2D eigenvalue weighted by molar-refractivity contribution is 5.66. The number of nitrogens with one attached hydrogen (secondary N) is 1. The monoisotopic (exact) mass is 204 g/mol. The van der Waals surface area contributed by atoms with E-state index in [-0.39, 0.29) is 6.73 Å². The van der Waals surface area contributed by atoms with Gasteiger partial charge in [-0.25, -0.2) is 4.79 Å². The average molecular weight is 204 g/mol. The molecule has 0 aliphatic rings. The molecular formula is C8H16N2O4. The fourth-order valence-electron chi connectivity index (χ4n) is 0.595. The maximum absolute atomic E-state index is 10.7. The van der Waals surface area contributed by atoms with E-state index in [0.717, 1.165) is 0 Å². The molecule has 0 aliphatic heterocycles. The van der Waals surface area contributed by atoms with Gasteiger partial charge in [-0.05, 0) is 6.92 Å². The van der Waals surface area contributed by atoms with Crippen LogP contribution in [0, 0.1) is 0 Å². The van der Waals surface area contributed by atoms with E-state index in [1.807, 2.05) is 0 Å². The number of amides is 1. The van der Waals surface area contributed by atoms with Crippen LogP contribution in [0.25, 0.3) is 0 Å². The molecule has 3 N–H and O–H groups in total. The van der Waals surface area contributed by atoms with Crippen LogP contribution in [0.1, 0.15) is 6.92 Å². The van der Waals surface area contributed by atoms with E-state index in [9.17, 15) is 4.79 Å². The van der Waals surface area contributed by atoms with Crippen molar-refractivity contribution in [2.45, 2.75) is 6.92 Å². The molecule has 14 heavy (non-hydrogen) atoms. The Kier molecular flexibility index (Phi) is 8.67. The molecule has 82 valence electrons. The lowest BCUT2D eigenvalue weighted by Crippen LogP contribution is -2.27. The van der Waals surface area contributed by atoms with Gasteiger partial charge in [-0.15, -0.1) is 0 Å². The van der Waals surface area contributed by atoms with Crippen molar-refractivity contribution in [1.82, 2.24) is 5.32 Å². The van der Waals surface area contributed by atoms with Crippen LogP contribution in [-0.4, -0.2) is 32.6 Å². The molecule has 0 rings (SSSR count). The van der Waals surface area contributed by atoms with E-state index in [1.165, 1.54) is 12.5 Å². The molecule has 6 nitrogen and oxygen atoms in total. The van der Waals surface area contributed by atoms with Crippen LogP contribution >= 0.6 is 0 Å². The lowest BCUT2D eigenvalue weighted by atomic mass is 10.8. The minimum atomic E-state index is -0.490. The fraction of sp³-hybridized carbons (Fsp3) is 0.625. The normalized spacial score (nSPS) is 10.1. The summed E-state index contributed by atoms with van der Waals surface area (Å²) in [6, 6.07) is 0. The van der Waals surface area contributed by atoms with Crippen LogP contribution in [0.4, 0.5) is 4.79 Å². The molecule has 0 fully saturated rings. The Morgan fingerprint density at radius 2 is 2.29 bits per heavy atom. The molecule has 0 bridgehead atoms. The Hall–Kier alpha value is -1.43. The standard InChI is InChI=1S/C8H16N2O4/c1-2-14-8(11)10-7-13-6-5-12-4-3-9/h3-4H,2,5-7,9H2,1H3,(H,10,11)/b4-3+. The number of alkyl carbamates (subject to hydrolysis) is 1. The van der Waals surface area contributed by atoms with Crippen molar-refractivity contribution in [1.29, 1.82) is 0 Å². The van der Waals surface area contributed by atoms with Gasteiger partial charge in [0.1, 0.15) is 13.3 Å². The van der Waals surface area contributed by atoms with Gasteiger partial charge in [0.05, 0.1) is 19.5 Å². The van der Waals surface area contributed by atoms with Crippen LogP contribution < -0.4 is 11.1 Å². The summed E-state index contributed by atoms with van der Waals surface area (Å²) in [4.78, 5) is 10.7. The van der Waals surface area contributed by atoms with Crippen molar-refractivity contribution in [2.24, 2.45) is 5.73 Å². The van der Waals surface area contributed by atoms with Crippen molar-refractivity contribution in [3.8, 4) is 0 Å². The topological polar surface area (TPSA) is 82.8 Å². The van der Waals surface area contributed by atoms with Gasteiger partial charge in [0.2, 0.25) is 0 Å². The van der Waals surface area contributed by atoms with Crippen molar-refractivity contribution in [3.63, 3.8) is 0 Å². The molecule has 6 heteroatoms. The molecule has 0 radical (unpaired) electrons. The molecule has 0 atom stereocenters. The predicted molar refractivity (Wildman–Crippen MR) is 50.3 cm³/mol. The van der Waals surface area contributed by atoms with Gasteiger partial charge >= 0.3 is 6.09 Å². The van der Waals surface area contributed by atoms with E-state index >= 15 is 0 Å². The average Bonchev–Trinajstić information content (AvgIpc) is 2.17. The van der Waals surface area contributed by atoms with Crippen molar-refractivity contribution in [2.75, 3.05) is 26.6 Å². The lowest BCUT2D eigenvalue weighted by Gasteiger charge is -2.05. The van der Waals surface area contributed by atoms with Gasteiger partial charge in [0.25, 0.3) is 0 Å². The van der Waals surface area contributed by atoms with Gasteiger partial charge in [-0.3, -0.25) is 5.32 Å². The largest absolute Gasteiger partial charge is 0.497 e. The Morgan fingerprint density at radius 3 is 2.93 bits per heavy atom. The van der Waals surface area contributed by atoms with Gasteiger partial charge in [-0.1, -0.05) is 0 Å². The summed E-state index contributed by atoms with van der Waals surface area (Å²) in [7, 11) is 0.